The van der Waals surface area contributed by atoms with Crippen molar-refractivity contribution >= 4 is 40.3 Å². The largest absolute Gasteiger partial charge is 0.462 e. The summed E-state index contributed by atoms with van der Waals surface area (Å²) in [6.07, 6.45) is 0. The maximum atomic E-state index is 11.5. The van der Waals surface area contributed by atoms with Crippen molar-refractivity contribution in [3.8, 4) is 0 Å². The van der Waals surface area contributed by atoms with E-state index < -0.39 is 0 Å². The van der Waals surface area contributed by atoms with Gasteiger partial charge in [-0.1, -0.05) is 6.07 Å². The van der Waals surface area contributed by atoms with Crippen LogP contribution in [0.2, 0.25) is 0 Å². The van der Waals surface area contributed by atoms with Crippen LogP contribution in [0.15, 0.2) is 41.8 Å². The van der Waals surface area contributed by atoms with Crippen LogP contribution in [0.5, 0.6) is 0 Å². The molecule has 21 heavy (non-hydrogen) atoms. The van der Waals surface area contributed by atoms with Gasteiger partial charge in [-0.15, -0.1) is 11.3 Å². The molecule has 0 unspecified atom stereocenters. The molecule has 2 rings (SSSR count). The second-order valence-corrected chi connectivity index (χ2v) is 5.63. The minimum atomic E-state index is -0.317. The van der Waals surface area contributed by atoms with Gasteiger partial charge in [0.05, 0.1) is 18.7 Å². The predicted molar refractivity (Wildman–Crippen MR) is 89.8 cm³/mol. The molecule has 0 aliphatic heterocycles. The summed E-state index contributed by atoms with van der Waals surface area (Å²) in [5.41, 5.74) is 1.35. The van der Waals surface area contributed by atoms with Crippen LogP contribution in [0.25, 0.3) is 0 Å². The van der Waals surface area contributed by atoms with E-state index in [2.05, 4.69) is 16.7 Å². The number of hydrogen-bond donors (Lipinski definition) is 2. The van der Waals surface area contributed by atoms with Gasteiger partial charge < -0.3 is 15.4 Å². The Morgan fingerprint density at radius 2 is 2.05 bits per heavy atom. The van der Waals surface area contributed by atoms with E-state index >= 15 is 0 Å². The first-order valence-electron chi connectivity index (χ1n) is 6.53. The van der Waals surface area contributed by atoms with Crippen LogP contribution < -0.4 is 10.6 Å². The zero-order valence-corrected chi connectivity index (χ0v) is 13.2. The quantitative estimate of drug-likeness (QED) is 0.653. The molecule has 0 radical (unpaired) electrons. The van der Waals surface area contributed by atoms with Crippen LogP contribution in [0.3, 0.4) is 0 Å². The molecular weight excluding hydrogens is 304 g/mol. The van der Waals surface area contributed by atoms with Crippen molar-refractivity contribution in [2.45, 2.75) is 13.5 Å². The van der Waals surface area contributed by atoms with Gasteiger partial charge >= 0.3 is 5.97 Å². The maximum absolute atomic E-state index is 11.5. The van der Waals surface area contributed by atoms with Crippen molar-refractivity contribution in [2.75, 3.05) is 11.9 Å². The molecule has 0 saturated heterocycles. The molecule has 1 aromatic heterocycles. The van der Waals surface area contributed by atoms with Gasteiger partial charge in [0.25, 0.3) is 0 Å². The van der Waals surface area contributed by atoms with E-state index in [0.29, 0.717) is 23.8 Å². The van der Waals surface area contributed by atoms with Crippen molar-refractivity contribution in [3.05, 3.63) is 52.2 Å². The molecule has 0 atom stereocenters. The molecule has 0 spiro atoms. The van der Waals surface area contributed by atoms with Crippen LogP contribution in [0.4, 0.5) is 5.69 Å². The third-order valence-electron chi connectivity index (χ3n) is 2.66. The monoisotopic (exact) mass is 320 g/mol. The number of esters is 1. The average molecular weight is 320 g/mol. The summed E-state index contributed by atoms with van der Waals surface area (Å²) >= 11 is 6.91. The minimum Gasteiger partial charge on any atom is -0.462 e. The fourth-order valence-corrected chi connectivity index (χ4v) is 2.49. The molecule has 0 amide bonds. The van der Waals surface area contributed by atoms with Gasteiger partial charge in [0, 0.05) is 10.6 Å². The number of carbonyl (C=O) groups is 1. The molecule has 2 N–H and O–H groups in total. The molecule has 0 aliphatic rings. The molecule has 2 aromatic rings. The smallest absolute Gasteiger partial charge is 0.338 e. The van der Waals surface area contributed by atoms with Crippen LogP contribution in [-0.2, 0) is 11.3 Å². The molecular formula is C15H16N2O2S2. The van der Waals surface area contributed by atoms with Crippen molar-refractivity contribution in [1.82, 2.24) is 5.32 Å². The van der Waals surface area contributed by atoms with E-state index in [4.69, 9.17) is 17.0 Å². The number of carbonyl (C=O) groups excluding carboxylic acids is 1. The summed E-state index contributed by atoms with van der Waals surface area (Å²) in [6.45, 7) is 2.85. The molecule has 6 heteroatoms. The number of ether oxygens (including phenoxy) is 1. The van der Waals surface area contributed by atoms with E-state index in [1.54, 1.807) is 42.5 Å². The number of nitrogens with one attached hydrogen (secondary N) is 2. The molecule has 0 saturated carbocycles. The molecule has 1 aromatic carbocycles. The number of rotatable bonds is 5. The normalized spacial score (nSPS) is 9.95. The van der Waals surface area contributed by atoms with Crippen molar-refractivity contribution in [2.24, 2.45) is 0 Å². The Kier molecular flexibility index (Phi) is 5.71. The third kappa shape index (κ3) is 4.84. The second kappa shape index (κ2) is 7.75. The number of thiocarbonyl (C=S) groups is 1. The first-order chi connectivity index (χ1) is 10.2. The average Bonchev–Trinajstić information content (AvgIpc) is 2.99. The Morgan fingerprint density at radius 1 is 1.29 bits per heavy atom. The Labute approximate surface area is 133 Å². The lowest BCUT2D eigenvalue weighted by atomic mass is 10.2. The van der Waals surface area contributed by atoms with Crippen molar-refractivity contribution in [3.63, 3.8) is 0 Å². The highest BCUT2D eigenvalue weighted by molar-refractivity contribution is 7.80. The first kappa shape index (κ1) is 15.5. The van der Waals surface area contributed by atoms with E-state index in [-0.39, 0.29) is 5.97 Å². The van der Waals surface area contributed by atoms with Gasteiger partial charge in [-0.3, -0.25) is 0 Å². The van der Waals surface area contributed by atoms with Gasteiger partial charge in [0.1, 0.15) is 0 Å². The summed E-state index contributed by atoms with van der Waals surface area (Å²) in [7, 11) is 0. The SMILES string of the molecule is CCOC(=O)c1ccc(NC(=S)NCc2cccs2)cc1. The lowest BCUT2D eigenvalue weighted by molar-refractivity contribution is 0.0526. The summed E-state index contributed by atoms with van der Waals surface area (Å²) in [5, 5.41) is 8.78. The van der Waals surface area contributed by atoms with Crippen molar-refractivity contribution in [1.29, 1.82) is 0 Å². The number of benzene rings is 1. The molecule has 1 heterocycles. The third-order valence-corrected chi connectivity index (χ3v) is 3.78. The fourth-order valence-electron chi connectivity index (χ4n) is 1.66. The number of hydrogen-bond acceptors (Lipinski definition) is 4. The summed E-state index contributed by atoms with van der Waals surface area (Å²) < 4.78 is 4.93. The van der Waals surface area contributed by atoms with E-state index in [9.17, 15) is 4.79 Å². The Balaban J connectivity index is 1.85. The van der Waals surface area contributed by atoms with E-state index in [1.807, 2.05) is 11.4 Å². The molecule has 0 aliphatic carbocycles. The molecule has 0 bridgehead atoms. The van der Waals surface area contributed by atoms with E-state index in [1.165, 1.54) is 4.88 Å². The van der Waals surface area contributed by atoms with Crippen LogP contribution in [-0.4, -0.2) is 17.7 Å². The standard InChI is InChI=1S/C15H16N2O2S2/c1-2-19-14(18)11-5-7-12(8-6-11)17-15(20)16-10-13-4-3-9-21-13/h3-9H,2,10H2,1H3,(H2,16,17,20). The topological polar surface area (TPSA) is 50.4 Å². The second-order valence-electron chi connectivity index (χ2n) is 4.18. The first-order valence-corrected chi connectivity index (χ1v) is 7.82. The van der Waals surface area contributed by atoms with Gasteiger partial charge in [0.15, 0.2) is 5.11 Å². The summed E-state index contributed by atoms with van der Waals surface area (Å²) in [6, 6.07) is 11.1. The number of anilines is 1. The summed E-state index contributed by atoms with van der Waals surface area (Å²) in [4.78, 5) is 12.8. The zero-order chi connectivity index (χ0) is 15.1. The Morgan fingerprint density at radius 3 is 2.67 bits per heavy atom. The highest BCUT2D eigenvalue weighted by Gasteiger charge is 2.06. The maximum Gasteiger partial charge on any atom is 0.338 e. The Bertz CT molecular complexity index is 595. The van der Waals surface area contributed by atoms with Crippen LogP contribution in [0, 0.1) is 0 Å². The van der Waals surface area contributed by atoms with Gasteiger partial charge in [-0.25, -0.2) is 4.79 Å². The van der Waals surface area contributed by atoms with Crippen LogP contribution >= 0.6 is 23.6 Å². The Hall–Kier alpha value is -1.92. The zero-order valence-electron chi connectivity index (χ0n) is 11.6. The van der Waals surface area contributed by atoms with E-state index in [0.717, 1.165) is 5.69 Å². The van der Waals surface area contributed by atoms with Gasteiger partial charge in [-0.05, 0) is 54.9 Å². The highest BCUT2D eigenvalue weighted by Crippen LogP contribution is 2.11. The molecule has 4 nitrogen and oxygen atoms in total. The van der Waals surface area contributed by atoms with Gasteiger partial charge in [-0.2, -0.15) is 0 Å². The predicted octanol–water partition coefficient (Wildman–Crippen LogP) is 3.41. The lowest BCUT2D eigenvalue weighted by Crippen LogP contribution is -2.27. The van der Waals surface area contributed by atoms with Crippen molar-refractivity contribution < 1.29 is 9.53 Å². The molecule has 110 valence electrons. The minimum absolute atomic E-state index is 0.317. The molecule has 0 fully saturated rings. The number of thiophene rings is 1. The summed E-state index contributed by atoms with van der Waals surface area (Å²) in [5.74, 6) is -0.317. The highest BCUT2D eigenvalue weighted by atomic mass is 32.1. The fraction of sp³-hybridized carbons (Fsp3) is 0.200. The lowest BCUT2D eigenvalue weighted by Gasteiger charge is -2.10. The van der Waals surface area contributed by atoms with Gasteiger partial charge in [0.2, 0.25) is 0 Å². The van der Waals surface area contributed by atoms with Crippen LogP contribution in [0.1, 0.15) is 22.2 Å².